The van der Waals surface area contributed by atoms with Crippen molar-refractivity contribution in [3.05, 3.63) is 12.2 Å². The van der Waals surface area contributed by atoms with Crippen LogP contribution in [0.1, 0.15) is 19.2 Å². The molecule has 0 saturated heterocycles. The summed E-state index contributed by atoms with van der Waals surface area (Å²) in [5.41, 5.74) is 0. The first kappa shape index (κ1) is 10.6. The van der Waals surface area contributed by atoms with E-state index in [0.717, 1.165) is 0 Å². The summed E-state index contributed by atoms with van der Waals surface area (Å²) < 4.78 is 4.55. The van der Waals surface area contributed by atoms with Crippen LogP contribution in [0.15, 0.2) is 10.9 Å². The standard InChI is InChI=1S/C8H13N3O3/c1-3-6(8(12)13)11(2)4-7-9-5-14-10-7/h5-6H,3-4H2,1-2H3,(H,12,13). The first-order valence-electron chi connectivity index (χ1n) is 4.33. The summed E-state index contributed by atoms with van der Waals surface area (Å²) in [6, 6.07) is -0.506. The molecular formula is C8H13N3O3. The minimum atomic E-state index is -0.835. The normalized spacial score (nSPS) is 13.1. The average molecular weight is 199 g/mol. The number of hydrogen-bond donors (Lipinski definition) is 1. The van der Waals surface area contributed by atoms with Gasteiger partial charge in [-0.05, 0) is 13.5 Å². The summed E-state index contributed by atoms with van der Waals surface area (Å²) >= 11 is 0. The molecular weight excluding hydrogens is 186 g/mol. The number of carboxylic acids is 1. The number of aromatic nitrogens is 2. The highest BCUT2D eigenvalue weighted by molar-refractivity contribution is 5.73. The fourth-order valence-corrected chi connectivity index (χ4v) is 1.27. The summed E-state index contributed by atoms with van der Waals surface area (Å²) in [5.74, 6) is -0.342. The highest BCUT2D eigenvalue weighted by Crippen LogP contribution is 2.05. The highest BCUT2D eigenvalue weighted by Gasteiger charge is 2.21. The predicted molar refractivity (Wildman–Crippen MR) is 47.5 cm³/mol. The average Bonchev–Trinajstić information content (AvgIpc) is 2.57. The molecule has 1 atom stereocenters. The molecule has 0 bridgehead atoms. The largest absolute Gasteiger partial charge is 0.480 e. The second-order valence-electron chi connectivity index (χ2n) is 3.02. The van der Waals surface area contributed by atoms with Crippen molar-refractivity contribution < 1.29 is 14.4 Å². The van der Waals surface area contributed by atoms with Gasteiger partial charge < -0.3 is 9.63 Å². The second kappa shape index (κ2) is 4.71. The smallest absolute Gasteiger partial charge is 0.320 e. The number of aliphatic carboxylic acids is 1. The van der Waals surface area contributed by atoms with Crippen molar-refractivity contribution in [1.82, 2.24) is 15.0 Å². The van der Waals surface area contributed by atoms with Gasteiger partial charge in [-0.1, -0.05) is 12.1 Å². The van der Waals surface area contributed by atoms with Gasteiger partial charge in [-0.25, -0.2) is 0 Å². The Morgan fingerprint density at radius 1 is 1.79 bits per heavy atom. The lowest BCUT2D eigenvalue weighted by molar-refractivity contribution is -0.143. The molecule has 1 aromatic rings. The molecule has 1 unspecified atom stereocenters. The Kier molecular flexibility index (Phi) is 3.58. The van der Waals surface area contributed by atoms with Gasteiger partial charge in [0, 0.05) is 0 Å². The van der Waals surface area contributed by atoms with Crippen LogP contribution in [-0.2, 0) is 11.3 Å². The van der Waals surface area contributed by atoms with E-state index in [2.05, 4.69) is 14.7 Å². The molecule has 0 spiro atoms. The number of hydrogen-bond acceptors (Lipinski definition) is 5. The van der Waals surface area contributed by atoms with Gasteiger partial charge in [0.2, 0.25) is 6.39 Å². The zero-order valence-corrected chi connectivity index (χ0v) is 8.17. The van der Waals surface area contributed by atoms with Gasteiger partial charge in [0.25, 0.3) is 0 Å². The number of carboxylic acid groups (broad SMARTS) is 1. The number of nitrogens with zero attached hydrogens (tertiary/aromatic N) is 3. The highest BCUT2D eigenvalue weighted by atomic mass is 16.5. The lowest BCUT2D eigenvalue weighted by atomic mass is 10.2. The lowest BCUT2D eigenvalue weighted by Gasteiger charge is -2.21. The Labute approximate surface area is 81.5 Å². The molecule has 0 saturated carbocycles. The summed E-state index contributed by atoms with van der Waals surface area (Å²) in [7, 11) is 1.72. The van der Waals surface area contributed by atoms with Crippen molar-refractivity contribution in [3.63, 3.8) is 0 Å². The minimum absolute atomic E-state index is 0.376. The first-order chi connectivity index (χ1) is 6.65. The van der Waals surface area contributed by atoms with E-state index in [4.69, 9.17) is 5.11 Å². The van der Waals surface area contributed by atoms with Gasteiger partial charge >= 0.3 is 5.97 Å². The van der Waals surface area contributed by atoms with E-state index in [0.29, 0.717) is 18.8 Å². The third kappa shape index (κ3) is 2.53. The van der Waals surface area contributed by atoms with Crippen LogP contribution in [0.25, 0.3) is 0 Å². The molecule has 6 nitrogen and oxygen atoms in total. The fraction of sp³-hybridized carbons (Fsp3) is 0.625. The van der Waals surface area contributed by atoms with E-state index in [1.807, 2.05) is 6.92 Å². The lowest BCUT2D eigenvalue weighted by Crippen LogP contribution is -2.37. The van der Waals surface area contributed by atoms with Crippen molar-refractivity contribution >= 4 is 5.97 Å². The van der Waals surface area contributed by atoms with Crippen molar-refractivity contribution in [2.45, 2.75) is 25.9 Å². The maximum Gasteiger partial charge on any atom is 0.320 e. The molecule has 1 N–H and O–H groups in total. The minimum Gasteiger partial charge on any atom is -0.480 e. The molecule has 6 heteroatoms. The molecule has 0 aliphatic rings. The molecule has 0 aromatic carbocycles. The zero-order valence-electron chi connectivity index (χ0n) is 8.17. The van der Waals surface area contributed by atoms with Crippen LogP contribution in [0.3, 0.4) is 0 Å². The maximum absolute atomic E-state index is 10.8. The van der Waals surface area contributed by atoms with Crippen LogP contribution in [-0.4, -0.2) is 39.2 Å². The van der Waals surface area contributed by atoms with E-state index >= 15 is 0 Å². The van der Waals surface area contributed by atoms with E-state index in [1.54, 1.807) is 11.9 Å². The van der Waals surface area contributed by atoms with Gasteiger partial charge in [-0.15, -0.1) is 0 Å². The molecule has 78 valence electrons. The van der Waals surface area contributed by atoms with Crippen LogP contribution in [0.2, 0.25) is 0 Å². The summed E-state index contributed by atoms with van der Waals surface area (Å²) in [5, 5.41) is 12.5. The topological polar surface area (TPSA) is 79.5 Å². The van der Waals surface area contributed by atoms with Gasteiger partial charge in [0.15, 0.2) is 5.82 Å². The van der Waals surface area contributed by atoms with Crippen LogP contribution in [0.5, 0.6) is 0 Å². The first-order valence-corrected chi connectivity index (χ1v) is 4.33. The SMILES string of the molecule is CCC(C(=O)O)N(C)Cc1ncon1. The Hall–Kier alpha value is -1.43. The van der Waals surface area contributed by atoms with Gasteiger partial charge in [-0.3, -0.25) is 9.69 Å². The van der Waals surface area contributed by atoms with Crippen LogP contribution < -0.4 is 0 Å². The quantitative estimate of drug-likeness (QED) is 0.737. The van der Waals surface area contributed by atoms with E-state index < -0.39 is 12.0 Å². The summed E-state index contributed by atoms with van der Waals surface area (Å²) in [6.07, 6.45) is 1.77. The summed E-state index contributed by atoms with van der Waals surface area (Å²) in [6.45, 7) is 2.20. The molecule has 1 rings (SSSR count). The third-order valence-electron chi connectivity index (χ3n) is 2.00. The van der Waals surface area contributed by atoms with E-state index in [-0.39, 0.29) is 0 Å². The maximum atomic E-state index is 10.8. The van der Waals surface area contributed by atoms with Crippen LogP contribution in [0.4, 0.5) is 0 Å². The third-order valence-corrected chi connectivity index (χ3v) is 2.00. The molecule has 0 fully saturated rings. The number of carbonyl (C=O) groups is 1. The van der Waals surface area contributed by atoms with Crippen molar-refractivity contribution in [2.24, 2.45) is 0 Å². The predicted octanol–water partition coefficient (Wildman–Crippen LogP) is 0.365. The van der Waals surface area contributed by atoms with Crippen molar-refractivity contribution in [1.29, 1.82) is 0 Å². The Morgan fingerprint density at radius 3 is 2.93 bits per heavy atom. The van der Waals surface area contributed by atoms with Crippen molar-refractivity contribution in [2.75, 3.05) is 7.05 Å². The van der Waals surface area contributed by atoms with Crippen LogP contribution >= 0.6 is 0 Å². The zero-order chi connectivity index (χ0) is 10.6. The molecule has 14 heavy (non-hydrogen) atoms. The number of likely N-dealkylation sites (N-methyl/N-ethyl adjacent to an activating group) is 1. The molecule has 0 aliphatic carbocycles. The second-order valence-corrected chi connectivity index (χ2v) is 3.02. The van der Waals surface area contributed by atoms with Gasteiger partial charge in [-0.2, -0.15) is 4.98 Å². The Bertz CT molecular complexity index is 286. The number of rotatable bonds is 5. The molecule has 1 heterocycles. The van der Waals surface area contributed by atoms with E-state index in [9.17, 15) is 4.79 Å². The molecule has 0 radical (unpaired) electrons. The summed E-state index contributed by atoms with van der Waals surface area (Å²) in [4.78, 5) is 16.3. The fourth-order valence-electron chi connectivity index (χ4n) is 1.27. The van der Waals surface area contributed by atoms with Gasteiger partial charge in [0.1, 0.15) is 6.04 Å². The Morgan fingerprint density at radius 2 is 2.50 bits per heavy atom. The molecule has 1 aromatic heterocycles. The van der Waals surface area contributed by atoms with Crippen LogP contribution in [0, 0.1) is 0 Å². The van der Waals surface area contributed by atoms with E-state index in [1.165, 1.54) is 6.39 Å². The molecule has 0 aliphatic heterocycles. The van der Waals surface area contributed by atoms with Crippen molar-refractivity contribution in [3.8, 4) is 0 Å². The Balaban J connectivity index is 2.56. The van der Waals surface area contributed by atoms with Gasteiger partial charge in [0.05, 0.1) is 6.54 Å². The molecule has 0 amide bonds. The monoisotopic (exact) mass is 199 g/mol.